The molecule has 0 bridgehead atoms. The Morgan fingerprint density at radius 1 is 1.23 bits per heavy atom. The SMILES string of the molecule is Cc1cccc(N2C(=O)CSC2c2ccc([N+](=O)[O-])cc2)c1. The van der Waals surface area contributed by atoms with Crippen LogP contribution in [0.5, 0.6) is 0 Å². The smallest absolute Gasteiger partial charge is 0.269 e. The third kappa shape index (κ3) is 2.69. The topological polar surface area (TPSA) is 63.5 Å². The Bertz CT molecular complexity index is 730. The molecule has 0 N–H and O–H groups in total. The van der Waals surface area contributed by atoms with Gasteiger partial charge in [-0.25, -0.2) is 0 Å². The van der Waals surface area contributed by atoms with Gasteiger partial charge in [0.15, 0.2) is 0 Å². The van der Waals surface area contributed by atoms with Crippen LogP contribution in [0.25, 0.3) is 0 Å². The molecule has 22 heavy (non-hydrogen) atoms. The van der Waals surface area contributed by atoms with E-state index in [4.69, 9.17) is 0 Å². The lowest BCUT2D eigenvalue weighted by atomic mass is 10.1. The molecule has 3 rings (SSSR count). The molecule has 0 radical (unpaired) electrons. The number of carbonyl (C=O) groups excluding carboxylic acids is 1. The molecular weight excluding hydrogens is 300 g/mol. The van der Waals surface area contributed by atoms with Crippen LogP contribution in [0.3, 0.4) is 0 Å². The minimum atomic E-state index is -0.422. The van der Waals surface area contributed by atoms with Crippen molar-refractivity contribution in [2.24, 2.45) is 0 Å². The maximum absolute atomic E-state index is 12.2. The monoisotopic (exact) mass is 314 g/mol. The van der Waals surface area contributed by atoms with Gasteiger partial charge in [-0.05, 0) is 42.3 Å². The first-order valence-corrected chi connectivity index (χ1v) is 7.86. The predicted octanol–water partition coefficient (Wildman–Crippen LogP) is 3.68. The van der Waals surface area contributed by atoms with Crippen LogP contribution in [0, 0.1) is 17.0 Å². The molecule has 0 aromatic heterocycles. The lowest BCUT2D eigenvalue weighted by molar-refractivity contribution is -0.384. The van der Waals surface area contributed by atoms with Crippen LogP contribution in [0.15, 0.2) is 48.5 Å². The van der Waals surface area contributed by atoms with Gasteiger partial charge in [0.05, 0.1) is 10.7 Å². The molecule has 0 spiro atoms. The Labute approximate surface area is 132 Å². The number of aryl methyl sites for hydroxylation is 1. The number of nitro groups is 1. The van der Waals surface area contributed by atoms with E-state index in [1.54, 1.807) is 17.0 Å². The number of hydrogen-bond acceptors (Lipinski definition) is 4. The predicted molar refractivity (Wildman–Crippen MR) is 87.0 cm³/mol. The summed E-state index contributed by atoms with van der Waals surface area (Å²) in [5, 5.41) is 10.6. The molecule has 112 valence electrons. The zero-order valence-electron chi connectivity index (χ0n) is 11.9. The van der Waals surface area contributed by atoms with E-state index in [1.165, 1.54) is 23.9 Å². The van der Waals surface area contributed by atoms with Crippen molar-refractivity contribution in [3.8, 4) is 0 Å². The number of amides is 1. The Morgan fingerprint density at radius 2 is 1.95 bits per heavy atom. The van der Waals surface area contributed by atoms with Crippen LogP contribution in [0.2, 0.25) is 0 Å². The number of nitro benzene ring substituents is 1. The Morgan fingerprint density at radius 3 is 2.59 bits per heavy atom. The molecule has 2 aromatic carbocycles. The number of nitrogens with zero attached hydrogens (tertiary/aromatic N) is 2. The summed E-state index contributed by atoms with van der Waals surface area (Å²) in [6.45, 7) is 1.98. The van der Waals surface area contributed by atoms with Gasteiger partial charge in [0.25, 0.3) is 5.69 Å². The van der Waals surface area contributed by atoms with E-state index in [1.807, 2.05) is 31.2 Å². The molecule has 1 atom stereocenters. The summed E-state index contributed by atoms with van der Waals surface area (Å²) < 4.78 is 0. The molecule has 1 fully saturated rings. The van der Waals surface area contributed by atoms with Crippen LogP contribution in [-0.2, 0) is 4.79 Å². The molecule has 2 aromatic rings. The van der Waals surface area contributed by atoms with Crippen molar-refractivity contribution >= 4 is 29.0 Å². The summed E-state index contributed by atoms with van der Waals surface area (Å²) in [6, 6.07) is 14.2. The highest BCUT2D eigenvalue weighted by molar-refractivity contribution is 8.00. The molecule has 1 aliphatic heterocycles. The summed E-state index contributed by atoms with van der Waals surface area (Å²) in [6.07, 6.45) is 0. The highest BCUT2D eigenvalue weighted by Crippen LogP contribution is 2.42. The van der Waals surface area contributed by atoms with Crippen molar-refractivity contribution in [2.45, 2.75) is 12.3 Å². The van der Waals surface area contributed by atoms with Gasteiger partial charge >= 0.3 is 0 Å². The second-order valence-electron chi connectivity index (χ2n) is 5.11. The Balaban J connectivity index is 1.95. The van der Waals surface area contributed by atoms with Crippen LogP contribution in [0.4, 0.5) is 11.4 Å². The quantitative estimate of drug-likeness (QED) is 0.640. The molecule has 0 aliphatic carbocycles. The summed E-state index contributed by atoms with van der Waals surface area (Å²) >= 11 is 1.53. The molecule has 5 nitrogen and oxygen atoms in total. The van der Waals surface area contributed by atoms with Gasteiger partial charge in [0.2, 0.25) is 5.91 Å². The van der Waals surface area contributed by atoms with E-state index < -0.39 is 4.92 Å². The van der Waals surface area contributed by atoms with Crippen molar-refractivity contribution in [2.75, 3.05) is 10.7 Å². The highest BCUT2D eigenvalue weighted by Gasteiger charge is 2.34. The summed E-state index contributed by atoms with van der Waals surface area (Å²) in [5.74, 6) is 0.467. The first-order valence-electron chi connectivity index (χ1n) is 6.81. The number of carbonyl (C=O) groups is 1. The van der Waals surface area contributed by atoms with Crippen LogP contribution < -0.4 is 4.90 Å². The van der Waals surface area contributed by atoms with Crippen LogP contribution >= 0.6 is 11.8 Å². The molecule has 0 saturated carbocycles. The minimum Gasteiger partial charge on any atom is -0.295 e. The molecule has 6 heteroatoms. The highest BCUT2D eigenvalue weighted by atomic mass is 32.2. The van der Waals surface area contributed by atoms with Crippen molar-refractivity contribution in [1.29, 1.82) is 0 Å². The van der Waals surface area contributed by atoms with Crippen molar-refractivity contribution in [3.63, 3.8) is 0 Å². The van der Waals surface area contributed by atoms with Gasteiger partial charge in [0.1, 0.15) is 5.37 Å². The van der Waals surface area contributed by atoms with E-state index in [0.717, 1.165) is 16.8 Å². The van der Waals surface area contributed by atoms with Crippen molar-refractivity contribution in [3.05, 3.63) is 69.8 Å². The third-order valence-corrected chi connectivity index (χ3v) is 4.75. The van der Waals surface area contributed by atoms with Gasteiger partial charge in [-0.1, -0.05) is 12.1 Å². The summed E-state index contributed by atoms with van der Waals surface area (Å²) in [4.78, 5) is 24.3. The number of thioether (sulfide) groups is 1. The van der Waals surface area contributed by atoms with Crippen LogP contribution in [0.1, 0.15) is 16.5 Å². The fourth-order valence-corrected chi connectivity index (χ4v) is 3.67. The minimum absolute atomic E-state index is 0.0546. The maximum atomic E-state index is 12.2. The first-order chi connectivity index (χ1) is 10.6. The second kappa shape index (κ2) is 5.81. The number of anilines is 1. The molecular formula is C16H14N2O3S. The zero-order valence-corrected chi connectivity index (χ0v) is 12.7. The normalized spacial score (nSPS) is 17.8. The van der Waals surface area contributed by atoms with Crippen LogP contribution in [-0.4, -0.2) is 16.6 Å². The van der Waals surface area contributed by atoms with Crippen molar-refractivity contribution in [1.82, 2.24) is 0 Å². The Kier molecular flexibility index (Phi) is 3.85. The lowest BCUT2D eigenvalue weighted by Gasteiger charge is -2.24. The number of benzene rings is 2. The third-order valence-electron chi connectivity index (χ3n) is 3.54. The largest absolute Gasteiger partial charge is 0.295 e. The number of non-ortho nitro benzene ring substituents is 1. The average Bonchev–Trinajstić information content (AvgIpc) is 2.89. The summed E-state index contributed by atoms with van der Waals surface area (Å²) in [5.41, 5.74) is 2.89. The van der Waals surface area contributed by atoms with Gasteiger partial charge in [-0.3, -0.25) is 19.8 Å². The zero-order chi connectivity index (χ0) is 15.7. The second-order valence-corrected chi connectivity index (χ2v) is 6.18. The maximum Gasteiger partial charge on any atom is 0.269 e. The van der Waals surface area contributed by atoms with E-state index >= 15 is 0 Å². The molecule has 1 heterocycles. The van der Waals surface area contributed by atoms with Gasteiger partial charge < -0.3 is 0 Å². The van der Waals surface area contributed by atoms with E-state index in [2.05, 4.69) is 0 Å². The number of hydrogen-bond donors (Lipinski definition) is 0. The fraction of sp³-hybridized carbons (Fsp3) is 0.188. The molecule has 1 amide bonds. The fourth-order valence-electron chi connectivity index (χ4n) is 2.49. The standard InChI is InChI=1S/C16H14N2O3S/c1-11-3-2-4-14(9-11)17-15(19)10-22-16(17)12-5-7-13(8-6-12)18(20)21/h2-9,16H,10H2,1H3. The molecule has 1 aliphatic rings. The van der Waals surface area contributed by atoms with Crippen molar-refractivity contribution < 1.29 is 9.72 Å². The van der Waals surface area contributed by atoms with Gasteiger partial charge in [-0.2, -0.15) is 0 Å². The molecule has 1 saturated heterocycles. The van der Waals surface area contributed by atoms with E-state index in [9.17, 15) is 14.9 Å². The first kappa shape index (κ1) is 14.6. The molecule has 1 unspecified atom stereocenters. The lowest BCUT2D eigenvalue weighted by Crippen LogP contribution is -2.27. The number of rotatable bonds is 3. The van der Waals surface area contributed by atoms with E-state index in [-0.39, 0.29) is 17.0 Å². The summed E-state index contributed by atoms with van der Waals surface area (Å²) in [7, 11) is 0. The van der Waals surface area contributed by atoms with E-state index in [0.29, 0.717) is 5.75 Å². The van der Waals surface area contributed by atoms with Gasteiger partial charge in [0, 0.05) is 17.8 Å². The Hall–Kier alpha value is -2.34. The van der Waals surface area contributed by atoms with Gasteiger partial charge in [-0.15, -0.1) is 11.8 Å². The average molecular weight is 314 g/mol.